The Bertz CT molecular complexity index is 916. The zero-order valence-electron chi connectivity index (χ0n) is 20.7. The molecule has 8 nitrogen and oxygen atoms in total. The number of hydrogen-bond acceptors (Lipinski definition) is 4. The predicted molar refractivity (Wildman–Crippen MR) is 130 cm³/mol. The third-order valence-corrected chi connectivity index (χ3v) is 6.79. The Morgan fingerprint density at radius 1 is 1.09 bits per heavy atom. The molecule has 1 aromatic carbocycles. The molecule has 1 atom stereocenters. The lowest BCUT2D eigenvalue weighted by Gasteiger charge is -2.39. The SMILES string of the molecule is CC(=O)N1CCCCNC(=O)C2(CCCc3ccccc32)NC(=O)CN(CCC(C)C)C(=O)C1. The van der Waals surface area contributed by atoms with Crippen molar-refractivity contribution in [2.24, 2.45) is 5.92 Å². The van der Waals surface area contributed by atoms with Gasteiger partial charge in [0.25, 0.3) is 0 Å². The third kappa shape index (κ3) is 6.15. The van der Waals surface area contributed by atoms with Crippen molar-refractivity contribution in [3.63, 3.8) is 0 Å². The van der Waals surface area contributed by atoms with E-state index in [2.05, 4.69) is 24.5 Å². The number of fused-ring (bicyclic) bond motifs is 2. The van der Waals surface area contributed by atoms with Gasteiger partial charge in [0.1, 0.15) is 5.54 Å². The average molecular weight is 471 g/mol. The lowest BCUT2D eigenvalue weighted by atomic mass is 9.75. The molecule has 1 spiro atoms. The molecular formula is C26H38N4O4. The first-order valence-electron chi connectivity index (χ1n) is 12.4. The number of aryl methyl sites for hydroxylation is 1. The van der Waals surface area contributed by atoms with Crippen LogP contribution in [0.25, 0.3) is 0 Å². The topological polar surface area (TPSA) is 98.8 Å². The van der Waals surface area contributed by atoms with Crippen LogP contribution < -0.4 is 10.6 Å². The second kappa shape index (κ2) is 11.5. The summed E-state index contributed by atoms with van der Waals surface area (Å²) in [5, 5.41) is 6.06. The van der Waals surface area contributed by atoms with Crippen LogP contribution in [0.1, 0.15) is 64.0 Å². The monoisotopic (exact) mass is 470 g/mol. The zero-order chi connectivity index (χ0) is 24.7. The van der Waals surface area contributed by atoms with Gasteiger partial charge < -0.3 is 20.4 Å². The summed E-state index contributed by atoms with van der Waals surface area (Å²) >= 11 is 0. The first kappa shape index (κ1) is 25.7. The smallest absolute Gasteiger partial charge is 0.250 e. The molecule has 0 aromatic heterocycles. The van der Waals surface area contributed by atoms with Gasteiger partial charge in [0.15, 0.2) is 0 Å². The number of carbonyl (C=O) groups is 4. The number of amides is 4. The van der Waals surface area contributed by atoms with Gasteiger partial charge in [-0.2, -0.15) is 0 Å². The normalized spacial score (nSPS) is 22.8. The third-order valence-electron chi connectivity index (χ3n) is 6.79. The van der Waals surface area contributed by atoms with Gasteiger partial charge in [0.2, 0.25) is 23.6 Å². The van der Waals surface area contributed by atoms with Crippen LogP contribution in [0, 0.1) is 5.92 Å². The molecule has 2 N–H and O–H groups in total. The molecule has 4 amide bonds. The Balaban J connectivity index is 1.92. The van der Waals surface area contributed by atoms with E-state index in [-0.39, 0.29) is 36.7 Å². The lowest BCUT2D eigenvalue weighted by molar-refractivity contribution is -0.143. The predicted octanol–water partition coefficient (Wildman–Crippen LogP) is 1.97. The van der Waals surface area contributed by atoms with Gasteiger partial charge in [-0.15, -0.1) is 0 Å². The lowest BCUT2D eigenvalue weighted by Crippen LogP contribution is -2.60. The summed E-state index contributed by atoms with van der Waals surface area (Å²) in [6, 6.07) is 7.78. The molecule has 34 heavy (non-hydrogen) atoms. The summed E-state index contributed by atoms with van der Waals surface area (Å²) in [5.74, 6) is -0.639. The van der Waals surface area contributed by atoms with Gasteiger partial charge in [0.05, 0.1) is 13.1 Å². The van der Waals surface area contributed by atoms with E-state index in [0.717, 1.165) is 30.4 Å². The number of benzene rings is 1. The number of hydrogen-bond donors (Lipinski definition) is 2. The van der Waals surface area contributed by atoms with Crippen LogP contribution in [0.2, 0.25) is 0 Å². The highest BCUT2D eigenvalue weighted by molar-refractivity contribution is 5.95. The van der Waals surface area contributed by atoms with Gasteiger partial charge >= 0.3 is 0 Å². The van der Waals surface area contributed by atoms with E-state index < -0.39 is 5.54 Å². The van der Waals surface area contributed by atoms with E-state index >= 15 is 0 Å². The fourth-order valence-electron chi connectivity index (χ4n) is 4.80. The van der Waals surface area contributed by atoms with Crippen LogP contribution >= 0.6 is 0 Å². The summed E-state index contributed by atoms with van der Waals surface area (Å²) in [6.45, 7) is 6.70. The van der Waals surface area contributed by atoms with Crippen LogP contribution in [0.15, 0.2) is 24.3 Å². The standard InChI is InChI=1S/C26H38N4O4/c1-19(2)12-16-30-17-23(32)28-26(13-8-10-21-9-4-5-11-22(21)26)25(34)27-14-6-7-15-29(20(3)31)18-24(30)33/h4-5,9,11,19H,6-8,10,12-18H2,1-3H3,(H,27,34)(H,28,32). The quantitative estimate of drug-likeness (QED) is 0.706. The Morgan fingerprint density at radius 3 is 2.59 bits per heavy atom. The van der Waals surface area contributed by atoms with Gasteiger partial charge in [-0.1, -0.05) is 38.1 Å². The van der Waals surface area contributed by atoms with Crippen molar-refractivity contribution in [3.8, 4) is 0 Å². The fourth-order valence-corrected chi connectivity index (χ4v) is 4.80. The second-order valence-electron chi connectivity index (χ2n) is 9.87. The van der Waals surface area contributed by atoms with Crippen LogP contribution in [0.5, 0.6) is 0 Å². The Labute approximate surface area is 202 Å². The van der Waals surface area contributed by atoms with Crippen LogP contribution in [0.3, 0.4) is 0 Å². The minimum atomic E-state index is -1.14. The minimum Gasteiger partial charge on any atom is -0.354 e. The first-order chi connectivity index (χ1) is 16.2. The van der Waals surface area contributed by atoms with E-state index in [0.29, 0.717) is 44.8 Å². The maximum absolute atomic E-state index is 13.5. The van der Waals surface area contributed by atoms with Gasteiger partial charge in [-0.3, -0.25) is 19.2 Å². The Kier molecular flexibility index (Phi) is 8.69. The second-order valence-corrected chi connectivity index (χ2v) is 9.87. The number of carbonyl (C=O) groups excluding carboxylic acids is 4. The molecule has 1 aliphatic carbocycles. The van der Waals surface area contributed by atoms with Crippen molar-refractivity contribution in [1.82, 2.24) is 20.4 Å². The van der Waals surface area contributed by atoms with E-state index in [1.54, 1.807) is 0 Å². The summed E-state index contributed by atoms with van der Waals surface area (Å²) < 4.78 is 0. The number of rotatable bonds is 3. The molecule has 1 heterocycles. The molecule has 1 fully saturated rings. The molecule has 0 radical (unpaired) electrons. The number of nitrogens with zero attached hydrogens (tertiary/aromatic N) is 2. The molecule has 1 aliphatic heterocycles. The highest BCUT2D eigenvalue weighted by Crippen LogP contribution is 2.35. The van der Waals surface area contributed by atoms with Gasteiger partial charge in [-0.25, -0.2) is 0 Å². The Morgan fingerprint density at radius 2 is 1.85 bits per heavy atom. The molecule has 0 bridgehead atoms. The molecule has 2 aliphatic rings. The van der Waals surface area contributed by atoms with Gasteiger partial charge in [-0.05, 0) is 55.6 Å². The molecule has 8 heteroatoms. The van der Waals surface area contributed by atoms with E-state index in [1.165, 1.54) is 16.7 Å². The number of nitrogens with one attached hydrogen (secondary N) is 2. The molecular weight excluding hydrogens is 432 g/mol. The van der Waals surface area contributed by atoms with E-state index in [4.69, 9.17) is 0 Å². The maximum atomic E-state index is 13.5. The van der Waals surface area contributed by atoms with Crippen molar-refractivity contribution in [2.75, 3.05) is 32.7 Å². The van der Waals surface area contributed by atoms with Crippen molar-refractivity contribution < 1.29 is 19.2 Å². The molecule has 3 rings (SSSR count). The summed E-state index contributed by atoms with van der Waals surface area (Å²) in [4.78, 5) is 55.2. The van der Waals surface area contributed by atoms with Crippen molar-refractivity contribution in [2.45, 2.75) is 64.8 Å². The first-order valence-corrected chi connectivity index (χ1v) is 12.4. The molecule has 1 saturated heterocycles. The van der Waals surface area contributed by atoms with Crippen molar-refractivity contribution >= 4 is 23.6 Å². The van der Waals surface area contributed by atoms with Crippen molar-refractivity contribution in [1.29, 1.82) is 0 Å². The fraction of sp³-hybridized carbons (Fsp3) is 0.615. The summed E-state index contributed by atoms with van der Waals surface area (Å²) in [5.41, 5.74) is 0.756. The largest absolute Gasteiger partial charge is 0.354 e. The Hall–Kier alpha value is -2.90. The van der Waals surface area contributed by atoms with E-state index in [1.807, 2.05) is 24.3 Å². The zero-order valence-corrected chi connectivity index (χ0v) is 20.7. The molecule has 1 unspecified atom stereocenters. The van der Waals surface area contributed by atoms with Gasteiger partial charge in [0, 0.05) is 26.6 Å². The highest BCUT2D eigenvalue weighted by Gasteiger charge is 2.44. The van der Waals surface area contributed by atoms with Crippen LogP contribution in [0.4, 0.5) is 0 Å². The van der Waals surface area contributed by atoms with Crippen LogP contribution in [-0.2, 0) is 31.1 Å². The van der Waals surface area contributed by atoms with Crippen LogP contribution in [-0.4, -0.2) is 66.2 Å². The minimum absolute atomic E-state index is 0.0406. The van der Waals surface area contributed by atoms with Crippen molar-refractivity contribution in [3.05, 3.63) is 35.4 Å². The summed E-state index contributed by atoms with van der Waals surface area (Å²) in [6.07, 6.45) is 4.25. The average Bonchev–Trinajstić information content (AvgIpc) is 2.79. The highest BCUT2D eigenvalue weighted by atomic mass is 16.2. The molecule has 0 saturated carbocycles. The molecule has 186 valence electrons. The maximum Gasteiger partial charge on any atom is 0.250 e. The van der Waals surface area contributed by atoms with E-state index in [9.17, 15) is 19.2 Å². The summed E-state index contributed by atoms with van der Waals surface area (Å²) in [7, 11) is 0. The molecule has 1 aromatic rings.